The third-order valence-corrected chi connectivity index (χ3v) is 9.67. The van der Waals surface area contributed by atoms with Crippen LogP contribution in [0.2, 0.25) is 5.04 Å². The van der Waals surface area contributed by atoms with E-state index in [0.29, 0.717) is 0 Å². The minimum absolute atomic E-state index is 0.0920. The summed E-state index contributed by atoms with van der Waals surface area (Å²) < 4.78 is 6.57. The Balaban J connectivity index is 2.44. The van der Waals surface area contributed by atoms with E-state index >= 15 is 0 Å². The summed E-state index contributed by atoms with van der Waals surface area (Å²) >= 11 is 0. The summed E-state index contributed by atoms with van der Waals surface area (Å²) in [4.78, 5) is 0. The molecular weight excluding hydrogens is 344 g/mol. The minimum Gasteiger partial charge on any atom is -0.405 e. The second-order valence-electron chi connectivity index (χ2n) is 7.70. The van der Waals surface area contributed by atoms with Gasteiger partial charge in [-0.1, -0.05) is 81.4 Å². The number of aliphatic hydroxyl groups excluding tert-OH is 3. The third-order valence-electron chi connectivity index (χ3n) is 4.66. The van der Waals surface area contributed by atoms with Gasteiger partial charge in [-0.05, 0) is 15.4 Å². The number of benzene rings is 2. The van der Waals surface area contributed by atoms with Crippen molar-refractivity contribution in [1.29, 1.82) is 0 Å². The lowest BCUT2D eigenvalue weighted by atomic mass is 10.2. The molecule has 3 N–H and O–H groups in total. The predicted octanol–water partition coefficient (Wildman–Crippen LogP) is 1.67. The summed E-state index contributed by atoms with van der Waals surface area (Å²) in [6.45, 7) is 6.27. The van der Waals surface area contributed by atoms with Crippen LogP contribution in [0, 0.1) is 0 Å². The molecule has 0 amide bonds. The first kappa shape index (κ1) is 20.8. The van der Waals surface area contributed by atoms with Crippen molar-refractivity contribution < 1.29 is 19.7 Å². The van der Waals surface area contributed by atoms with Crippen LogP contribution in [0.4, 0.5) is 0 Å². The first-order chi connectivity index (χ1) is 12.3. The van der Waals surface area contributed by atoms with E-state index in [1.807, 2.05) is 36.4 Å². The largest absolute Gasteiger partial charge is 0.405 e. The van der Waals surface area contributed by atoms with Crippen molar-refractivity contribution in [2.75, 3.05) is 13.2 Å². The Kier molecular flexibility index (Phi) is 7.14. The van der Waals surface area contributed by atoms with E-state index in [4.69, 9.17) is 9.53 Å². The monoisotopic (exact) mass is 374 g/mol. The van der Waals surface area contributed by atoms with E-state index in [1.165, 1.54) is 0 Å². The Morgan fingerprint density at radius 3 is 1.69 bits per heavy atom. The molecule has 142 valence electrons. The van der Waals surface area contributed by atoms with E-state index in [-0.39, 0.29) is 24.7 Å². The Hall–Kier alpha value is -1.50. The molecule has 0 aliphatic carbocycles. The molecule has 2 atom stereocenters. The highest BCUT2D eigenvalue weighted by atomic mass is 28.4. The van der Waals surface area contributed by atoms with Gasteiger partial charge in [-0.25, -0.2) is 0 Å². The smallest absolute Gasteiger partial charge is 0.261 e. The molecule has 4 nitrogen and oxygen atoms in total. The van der Waals surface area contributed by atoms with Crippen molar-refractivity contribution in [1.82, 2.24) is 0 Å². The van der Waals surface area contributed by atoms with Gasteiger partial charge < -0.3 is 19.7 Å². The third kappa shape index (κ3) is 4.61. The maximum absolute atomic E-state index is 10.3. The molecule has 0 bridgehead atoms. The highest BCUT2D eigenvalue weighted by Crippen LogP contribution is 2.36. The maximum atomic E-state index is 10.3. The average Bonchev–Trinajstić information content (AvgIpc) is 2.62. The molecule has 0 aliphatic rings. The quantitative estimate of drug-likeness (QED) is 0.615. The van der Waals surface area contributed by atoms with Crippen LogP contribution in [0.25, 0.3) is 0 Å². The van der Waals surface area contributed by atoms with E-state index in [0.717, 1.165) is 10.4 Å². The van der Waals surface area contributed by atoms with Crippen molar-refractivity contribution in [3.63, 3.8) is 0 Å². The van der Waals surface area contributed by atoms with Crippen molar-refractivity contribution in [2.45, 2.75) is 44.4 Å². The second-order valence-corrected chi connectivity index (χ2v) is 12.0. The van der Waals surface area contributed by atoms with Gasteiger partial charge in [0.25, 0.3) is 8.32 Å². The van der Waals surface area contributed by atoms with Crippen LogP contribution in [0.3, 0.4) is 0 Å². The molecule has 2 aromatic rings. The number of hydrogen-bond acceptors (Lipinski definition) is 4. The lowest BCUT2D eigenvalue weighted by Gasteiger charge is -2.43. The van der Waals surface area contributed by atoms with Gasteiger partial charge in [0, 0.05) is 6.42 Å². The zero-order valence-corrected chi connectivity index (χ0v) is 16.8. The summed E-state index contributed by atoms with van der Waals surface area (Å²) in [5.41, 5.74) is 0. The molecule has 0 radical (unpaired) electrons. The van der Waals surface area contributed by atoms with Crippen molar-refractivity contribution in [2.24, 2.45) is 0 Å². The maximum Gasteiger partial charge on any atom is 0.261 e. The molecule has 26 heavy (non-hydrogen) atoms. The van der Waals surface area contributed by atoms with Gasteiger partial charge in [0.1, 0.15) is 0 Å². The fraction of sp³-hybridized carbons (Fsp3) is 0.429. The molecule has 0 spiro atoms. The zero-order valence-electron chi connectivity index (χ0n) is 15.8. The number of rotatable bonds is 8. The average molecular weight is 375 g/mol. The fourth-order valence-electron chi connectivity index (χ4n) is 3.44. The van der Waals surface area contributed by atoms with Crippen molar-refractivity contribution in [3.05, 3.63) is 60.7 Å². The molecule has 0 saturated carbocycles. The van der Waals surface area contributed by atoms with Crippen LogP contribution in [-0.4, -0.2) is 49.1 Å². The number of aliphatic hydroxyl groups is 3. The van der Waals surface area contributed by atoms with Gasteiger partial charge in [0.15, 0.2) is 0 Å². The first-order valence-corrected chi connectivity index (χ1v) is 10.9. The van der Waals surface area contributed by atoms with Gasteiger partial charge in [-0.15, -0.1) is 0 Å². The van der Waals surface area contributed by atoms with Crippen molar-refractivity contribution in [3.8, 4) is 0 Å². The van der Waals surface area contributed by atoms with Gasteiger partial charge >= 0.3 is 0 Å². The number of hydrogen-bond donors (Lipinski definition) is 3. The Morgan fingerprint density at radius 1 is 0.846 bits per heavy atom. The van der Waals surface area contributed by atoms with E-state index in [2.05, 4.69) is 45.0 Å². The van der Waals surface area contributed by atoms with Gasteiger partial charge in [0.2, 0.25) is 0 Å². The van der Waals surface area contributed by atoms with E-state index < -0.39 is 20.5 Å². The Bertz CT molecular complexity index is 615. The molecule has 5 heteroatoms. The standard InChI is InChI=1S/C21H30O4Si/c1-21(2,3)26(19-10-6-4-7-11-19,20-12-8-5-9-13-20)25-16-18(24)14-17(23)15-22/h4-13,17-18,22-24H,14-16H2,1-3H3/t17-,18+/m1/s1. The Labute approximate surface area is 157 Å². The summed E-state index contributed by atoms with van der Waals surface area (Å²) in [6.07, 6.45) is -1.68. The predicted molar refractivity (Wildman–Crippen MR) is 107 cm³/mol. The highest BCUT2D eigenvalue weighted by Gasteiger charge is 2.50. The van der Waals surface area contributed by atoms with Gasteiger partial charge in [-0.2, -0.15) is 0 Å². The molecule has 0 heterocycles. The van der Waals surface area contributed by atoms with Crippen LogP contribution in [-0.2, 0) is 4.43 Å². The minimum atomic E-state index is -2.68. The topological polar surface area (TPSA) is 69.9 Å². The van der Waals surface area contributed by atoms with Crippen LogP contribution >= 0.6 is 0 Å². The van der Waals surface area contributed by atoms with Crippen LogP contribution < -0.4 is 10.4 Å². The van der Waals surface area contributed by atoms with Crippen molar-refractivity contribution >= 4 is 18.7 Å². The lowest BCUT2D eigenvalue weighted by molar-refractivity contribution is 0.0213. The van der Waals surface area contributed by atoms with E-state index in [1.54, 1.807) is 0 Å². The summed E-state index contributed by atoms with van der Waals surface area (Å²) in [5.74, 6) is 0. The zero-order chi connectivity index (χ0) is 19.2. The molecule has 2 rings (SSSR count). The SMILES string of the molecule is CC(C)(C)[Si](OC[C@@H](O)C[C@@H](O)CO)(c1ccccc1)c1ccccc1. The van der Waals surface area contributed by atoms with Gasteiger partial charge in [-0.3, -0.25) is 0 Å². The molecular formula is C21H30O4Si. The summed E-state index contributed by atoms with van der Waals surface area (Å²) in [7, 11) is -2.68. The Morgan fingerprint density at radius 2 is 1.31 bits per heavy atom. The van der Waals surface area contributed by atoms with Crippen LogP contribution in [0.5, 0.6) is 0 Å². The lowest BCUT2D eigenvalue weighted by Crippen LogP contribution is -2.67. The van der Waals surface area contributed by atoms with Crippen LogP contribution in [0.1, 0.15) is 27.2 Å². The van der Waals surface area contributed by atoms with E-state index in [9.17, 15) is 10.2 Å². The molecule has 0 aromatic heterocycles. The molecule has 2 aromatic carbocycles. The highest BCUT2D eigenvalue weighted by molar-refractivity contribution is 6.99. The molecule has 0 fully saturated rings. The van der Waals surface area contributed by atoms with Gasteiger partial charge in [0.05, 0.1) is 25.4 Å². The van der Waals surface area contributed by atoms with Crippen LogP contribution in [0.15, 0.2) is 60.7 Å². The summed E-state index contributed by atoms with van der Waals surface area (Å²) in [5, 5.41) is 31.0. The first-order valence-electron chi connectivity index (χ1n) is 9.03. The second kappa shape index (κ2) is 8.93. The molecule has 0 unspecified atom stereocenters. The molecule has 0 saturated heterocycles. The normalized spacial score (nSPS) is 14.8. The summed E-state index contributed by atoms with van der Waals surface area (Å²) in [6, 6.07) is 20.4. The fourth-order valence-corrected chi connectivity index (χ4v) is 8.04. The molecule has 0 aliphatic heterocycles.